The van der Waals surface area contributed by atoms with E-state index in [1.54, 1.807) is 4.52 Å². The van der Waals surface area contributed by atoms with Crippen molar-refractivity contribution >= 4 is 11.5 Å². The first-order chi connectivity index (χ1) is 8.05. The molecule has 2 aromatic heterocycles. The minimum atomic E-state index is -0.612. The summed E-state index contributed by atoms with van der Waals surface area (Å²) >= 11 is 0. The van der Waals surface area contributed by atoms with Crippen molar-refractivity contribution < 1.29 is 5.11 Å². The van der Waals surface area contributed by atoms with Gasteiger partial charge in [0.2, 0.25) is 0 Å². The Morgan fingerprint density at radius 2 is 2.18 bits per heavy atom. The summed E-state index contributed by atoms with van der Waals surface area (Å²) < 4.78 is 1.72. The third-order valence-corrected chi connectivity index (χ3v) is 3.18. The highest BCUT2D eigenvalue weighted by Gasteiger charge is 2.32. The van der Waals surface area contributed by atoms with Gasteiger partial charge in [-0.05, 0) is 32.4 Å². The number of hydrogen-bond acceptors (Lipinski definition) is 5. The standard InChI is InChI=1S/C11H15N5O/c1-8-12-13-9-3-4-10(14-16(8)9)15-6-5-11(2,17)7-15/h3-4,17H,5-7H2,1-2H3. The summed E-state index contributed by atoms with van der Waals surface area (Å²) in [4.78, 5) is 2.08. The van der Waals surface area contributed by atoms with Gasteiger partial charge in [-0.1, -0.05) is 0 Å². The molecule has 6 nitrogen and oxygen atoms in total. The van der Waals surface area contributed by atoms with Crippen LogP contribution in [0.2, 0.25) is 0 Å². The molecule has 1 aliphatic rings. The molecule has 2 aromatic rings. The van der Waals surface area contributed by atoms with Gasteiger partial charge in [-0.3, -0.25) is 0 Å². The second kappa shape index (κ2) is 3.40. The lowest BCUT2D eigenvalue weighted by Gasteiger charge is -2.19. The van der Waals surface area contributed by atoms with Crippen LogP contribution < -0.4 is 4.90 Å². The van der Waals surface area contributed by atoms with Crippen LogP contribution >= 0.6 is 0 Å². The highest BCUT2D eigenvalue weighted by atomic mass is 16.3. The largest absolute Gasteiger partial charge is 0.388 e. The van der Waals surface area contributed by atoms with E-state index >= 15 is 0 Å². The zero-order valence-corrected chi connectivity index (χ0v) is 9.96. The molecule has 1 saturated heterocycles. The van der Waals surface area contributed by atoms with Gasteiger partial charge in [-0.15, -0.1) is 15.3 Å². The van der Waals surface area contributed by atoms with Crippen LogP contribution in [0.5, 0.6) is 0 Å². The number of rotatable bonds is 1. The van der Waals surface area contributed by atoms with E-state index in [0.717, 1.165) is 30.3 Å². The molecule has 17 heavy (non-hydrogen) atoms. The van der Waals surface area contributed by atoms with Crippen LogP contribution in [0.25, 0.3) is 5.65 Å². The van der Waals surface area contributed by atoms with Crippen LogP contribution in [0, 0.1) is 6.92 Å². The maximum Gasteiger partial charge on any atom is 0.178 e. The Bertz CT molecular complexity index is 562. The first kappa shape index (κ1) is 10.5. The Kier molecular flexibility index (Phi) is 2.09. The van der Waals surface area contributed by atoms with Gasteiger partial charge in [0.1, 0.15) is 5.82 Å². The fourth-order valence-corrected chi connectivity index (χ4v) is 2.20. The van der Waals surface area contributed by atoms with Crippen LogP contribution in [0.15, 0.2) is 12.1 Å². The maximum absolute atomic E-state index is 9.95. The second-order valence-corrected chi connectivity index (χ2v) is 4.88. The van der Waals surface area contributed by atoms with E-state index in [0.29, 0.717) is 6.54 Å². The molecule has 1 fully saturated rings. The van der Waals surface area contributed by atoms with E-state index in [2.05, 4.69) is 20.2 Å². The van der Waals surface area contributed by atoms with E-state index < -0.39 is 5.60 Å². The molecule has 0 aliphatic carbocycles. The van der Waals surface area contributed by atoms with Crippen LogP contribution in [-0.4, -0.2) is 43.6 Å². The SMILES string of the molecule is Cc1nnc2ccc(N3CCC(C)(O)C3)nn12. The molecule has 1 unspecified atom stereocenters. The van der Waals surface area contributed by atoms with Gasteiger partial charge in [0.25, 0.3) is 0 Å². The summed E-state index contributed by atoms with van der Waals surface area (Å²) in [6, 6.07) is 3.82. The zero-order chi connectivity index (χ0) is 12.0. The third kappa shape index (κ3) is 1.74. The Morgan fingerprint density at radius 3 is 2.88 bits per heavy atom. The summed E-state index contributed by atoms with van der Waals surface area (Å²) in [5, 5.41) is 22.4. The van der Waals surface area contributed by atoms with Crippen molar-refractivity contribution in [2.75, 3.05) is 18.0 Å². The number of anilines is 1. The maximum atomic E-state index is 9.95. The Balaban J connectivity index is 1.98. The van der Waals surface area contributed by atoms with Crippen LogP contribution in [0.3, 0.4) is 0 Å². The quantitative estimate of drug-likeness (QED) is 0.772. The molecule has 1 N–H and O–H groups in total. The summed E-state index contributed by atoms with van der Waals surface area (Å²) in [6.07, 6.45) is 0.772. The first-order valence-corrected chi connectivity index (χ1v) is 5.72. The normalized spacial score (nSPS) is 24.8. The van der Waals surface area contributed by atoms with E-state index in [9.17, 15) is 5.11 Å². The predicted octanol–water partition coefficient (Wildman–Crippen LogP) is 0.394. The number of β-amino-alcohol motifs (C(OH)–C–C–N with tert-alkyl or cyclic N) is 1. The molecular formula is C11H15N5O. The lowest BCUT2D eigenvalue weighted by Crippen LogP contribution is -2.30. The topological polar surface area (TPSA) is 66.5 Å². The molecule has 6 heteroatoms. The average Bonchev–Trinajstić information content (AvgIpc) is 2.83. The van der Waals surface area contributed by atoms with Gasteiger partial charge in [0, 0.05) is 13.1 Å². The predicted molar refractivity (Wildman–Crippen MR) is 63.0 cm³/mol. The van der Waals surface area contributed by atoms with Crippen molar-refractivity contribution in [3.05, 3.63) is 18.0 Å². The molecule has 0 bridgehead atoms. The average molecular weight is 233 g/mol. The molecule has 0 aromatic carbocycles. The van der Waals surface area contributed by atoms with Gasteiger partial charge in [-0.2, -0.15) is 4.52 Å². The molecule has 3 rings (SSSR count). The van der Waals surface area contributed by atoms with E-state index in [4.69, 9.17) is 0 Å². The van der Waals surface area contributed by atoms with Gasteiger partial charge >= 0.3 is 0 Å². The lowest BCUT2D eigenvalue weighted by atomic mass is 10.1. The minimum Gasteiger partial charge on any atom is -0.388 e. The van der Waals surface area contributed by atoms with Crippen molar-refractivity contribution in [3.8, 4) is 0 Å². The fraction of sp³-hybridized carbons (Fsp3) is 0.545. The monoisotopic (exact) mass is 233 g/mol. The molecular weight excluding hydrogens is 218 g/mol. The molecule has 0 radical (unpaired) electrons. The van der Waals surface area contributed by atoms with E-state index in [1.807, 2.05) is 26.0 Å². The molecule has 1 aliphatic heterocycles. The number of hydrogen-bond donors (Lipinski definition) is 1. The third-order valence-electron chi connectivity index (χ3n) is 3.18. The Hall–Kier alpha value is -1.69. The first-order valence-electron chi connectivity index (χ1n) is 5.72. The molecule has 0 saturated carbocycles. The lowest BCUT2D eigenvalue weighted by molar-refractivity contribution is 0.0839. The highest BCUT2D eigenvalue weighted by molar-refractivity contribution is 5.46. The number of fused-ring (bicyclic) bond motifs is 1. The van der Waals surface area contributed by atoms with Crippen LogP contribution in [0.4, 0.5) is 5.82 Å². The Morgan fingerprint density at radius 1 is 1.35 bits per heavy atom. The van der Waals surface area contributed by atoms with Crippen molar-refractivity contribution in [3.63, 3.8) is 0 Å². The van der Waals surface area contributed by atoms with Crippen molar-refractivity contribution in [1.29, 1.82) is 0 Å². The van der Waals surface area contributed by atoms with Gasteiger partial charge in [0.05, 0.1) is 5.60 Å². The molecule has 3 heterocycles. The molecule has 1 atom stereocenters. The summed E-state index contributed by atoms with van der Waals surface area (Å²) in [5.74, 6) is 1.63. The molecule has 0 spiro atoms. The summed E-state index contributed by atoms with van der Waals surface area (Å²) in [6.45, 7) is 5.17. The molecule has 0 amide bonds. The van der Waals surface area contributed by atoms with E-state index in [1.165, 1.54) is 0 Å². The zero-order valence-electron chi connectivity index (χ0n) is 9.96. The van der Waals surface area contributed by atoms with Crippen molar-refractivity contribution in [2.24, 2.45) is 0 Å². The van der Waals surface area contributed by atoms with Crippen LogP contribution in [-0.2, 0) is 0 Å². The van der Waals surface area contributed by atoms with Gasteiger partial charge < -0.3 is 10.0 Å². The van der Waals surface area contributed by atoms with E-state index in [-0.39, 0.29) is 0 Å². The fourth-order valence-electron chi connectivity index (χ4n) is 2.20. The number of aromatic nitrogens is 4. The summed E-state index contributed by atoms with van der Waals surface area (Å²) in [7, 11) is 0. The minimum absolute atomic E-state index is 0.612. The van der Waals surface area contributed by atoms with Crippen LogP contribution in [0.1, 0.15) is 19.2 Å². The number of aliphatic hydroxyl groups is 1. The van der Waals surface area contributed by atoms with Crippen molar-refractivity contribution in [1.82, 2.24) is 19.8 Å². The summed E-state index contributed by atoms with van der Waals surface area (Å²) in [5.41, 5.74) is 0.135. The van der Waals surface area contributed by atoms with Gasteiger partial charge in [0.15, 0.2) is 11.5 Å². The van der Waals surface area contributed by atoms with Gasteiger partial charge in [-0.25, -0.2) is 0 Å². The number of nitrogens with zero attached hydrogens (tertiary/aromatic N) is 5. The second-order valence-electron chi connectivity index (χ2n) is 4.88. The smallest absolute Gasteiger partial charge is 0.178 e. The number of aryl methyl sites for hydroxylation is 1. The highest BCUT2D eigenvalue weighted by Crippen LogP contribution is 2.24. The van der Waals surface area contributed by atoms with Crippen molar-refractivity contribution in [2.45, 2.75) is 25.9 Å². The molecule has 90 valence electrons. The Labute approximate surface area is 98.9 Å².